The molecular formula is C16H19N3O4S2. The van der Waals surface area contributed by atoms with Crippen molar-refractivity contribution < 1.29 is 17.9 Å². The zero-order chi connectivity index (χ0) is 18.2. The van der Waals surface area contributed by atoms with Crippen molar-refractivity contribution in [3.8, 4) is 5.88 Å². The summed E-state index contributed by atoms with van der Waals surface area (Å²) in [7, 11) is -3.72. The van der Waals surface area contributed by atoms with E-state index >= 15 is 0 Å². The Bertz CT molecular complexity index is 887. The molecule has 2 aromatic heterocycles. The van der Waals surface area contributed by atoms with Gasteiger partial charge in [-0.3, -0.25) is 9.10 Å². The number of rotatable bonds is 3. The van der Waals surface area contributed by atoms with Crippen molar-refractivity contribution in [2.75, 3.05) is 17.5 Å². The highest BCUT2D eigenvalue weighted by molar-refractivity contribution is 7.93. The maximum Gasteiger partial charge on any atom is 0.265 e. The first kappa shape index (κ1) is 17.7. The van der Waals surface area contributed by atoms with Crippen LogP contribution in [-0.2, 0) is 10.0 Å². The Morgan fingerprint density at radius 3 is 2.80 bits per heavy atom. The summed E-state index contributed by atoms with van der Waals surface area (Å²) in [4.78, 5) is 16.7. The Balaban J connectivity index is 2.00. The van der Waals surface area contributed by atoms with Gasteiger partial charge in [-0.15, -0.1) is 0 Å². The van der Waals surface area contributed by atoms with Gasteiger partial charge in [-0.1, -0.05) is 0 Å². The van der Waals surface area contributed by atoms with Crippen molar-refractivity contribution in [1.82, 2.24) is 10.3 Å². The second-order valence-electron chi connectivity index (χ2n) is 6.64. The largest absolute Gasteiger partial charge is 0.474 e. The van der Waals surface area contributed by atoms with Crippen molar-refractivity contribution in [2.24, 2.45) is 0 Å². The molecule has 0 spiro atoms. The van der Waals surface area contributed by atoms with Crippen molar-refractivity contribution in [3.05, 3.63) is 34.7 Å². The number of carbonyl (C=O) groups excluding carboxylic acids is 1. The second-order valence-corrected chi connectivity index (χ2v) is 9.28. The van der Waals surface area contributed by atoms with Gasteiger partial charge in [0.25, 0.3) is 15.9 Å². The predicted octanol–water partition coefficient (Wildman–Crippen LogP) is 2.26. The van der Waals surface area contributed by atoms with Gasteiger partial charge in [-0.25, -0.2) is 13.4 Å². The smallest absolute Gasteiger partial charge is 0.265 e. The van der Waals surface area contributed by atoms with E-state index in [0.29, 0.717) is 0 Å². The van der Waals surface area contributed by atoms with Gasteiger partial charge < -0.3 is 10.1 Å². The van der Waals surface area contributed by atoms with E-state index < -0.39 is 15.6 Å². The maximum absolute atomic E-state index is 12.9. The number of carbonyl (C=O) groups is 1. The third-order valence-electron chi connectivity index (χ3n) is 3.47. The summed E-state index contributed by atoms with van der Waals surface area (Å²) in [6, 6.07) is 3.06. The SMILES string of the molecule is CC(C)(C)NC(=O)c1cnc2c(c1)N(S(=O)(=O)c1ccsc1)CCO2. The molecule has 0 bridgehead atoms. The molecule has 1 N–H and O–H groups in total. The zero-order valence-corrected chi connectivity index (χ0v) is 15.8. The fourth-order valence-electron chi connectivity index (χ4n) is 2.39. The number of thiophene rings is 1. The minimum Gasteiger partial charge on any atom is -0.474 e. The van der Waals surface area contributed by atoms with Crippen LogP contribution >= 0.6 is 11.3 Å². The fraction of sp³-hybridized carbons (Fsp3) is 0.375. The molecule has 0 saturated carbocycles. The topological polar surface area (TPSA) is 88.6 Å². The highest BCUT2D eigenvalue weighted by atomic mass is 32.2. The van der Waals surface area contributed by atoms with E-state index in [-0.39, 0.29) is 41.1 Å². The van der Waals surface area contributed by atoms with Gasteiger partial charge in [0.05, 0.1) is 17.0 Å². The van der Waals surface area contributed by atoms with Gasteiger partial charge in [0.15, 0.2) is 0 Å². The normalized spacial score (nSPS) is 14.6. The molecule has 1 amide bonds. The van der Waals surface area contributed by atoms with Gasteiger partial charge in [-0.05, 0) is 38.3 Å². The van der Waals surface area contributed by atoms with Crippen LogP contribution < -0.4 is 14.4 Å². The Kier molecular flexibility index (Phi) is 4.46. The molecule has 0 radical (unpaired) electrons. The third kappa shape index (κ3) is 3.62. The average Bonchev–Trinajstić information content (AvgIpc) is 3.07. The number of ether oxygens (including phenoxy) is 1. The molecule has 9 heteroatoms. The van der Waals surface area contributed by atoms with E-state index in [0.717, 1.165) is 0 Å². The van der Waals surface area contributed by atoms with Gasteiger partial charge in [0, 0.05) is 17.1 Å². The Hall–Kier alpha value is -2.13. The lowest BCUT2D eigenvalue weighted by Crippen LogP contribution is -2.41. The number of hydrogen-bond acceptors (Lipinski definition) is 6. The lowest BCUT2D eigenvalue weighted by Gasteiger charge is -2.29. The second kappa shape index (κ2) is 6.30. The lowest BCUT2D eigenvalue weighted by molar-refractivity contribution is 0.0919. The molecule has 2 aromatic rings. The summed E-state index contributed by atoms with van der Waals surface area (Å²) in [5.74, 6) is -0.112. The Morgan fingerprint density at radius 1 is 1.40 bits per heavy atom. The summed E-state index contributed by atoms with van der Waals surface area (Å²) in [5.41, 5.74) is 0.148. The van der Waals surface area contributed by atoms with E-state index in [2.05, 4.69) is 10.3 Å². The summed E-state index contributed by atoms with van der Waals surface area (Å²) < 4.78 is 32.4. The molecule has 0 atom stereocenters. The monoisotopic (exact) mass is 381 g/mol. The van der Waals surface area contributed by atoms with Crippen molar-refractivity contribution in [2.45, 2.75) is 31.2 Å². The van der Waals surface area contributed by atoms with Crippen LogP contribution in [0.1, 0.15) is 31.1 Å². The third-order valence-corrected chi connectivity index (χ3v) is 6.11. The Labute approximate surface area is 150 Å². The standard InChI is InChI=1S/C16H19N3O4S2/c1-16(2,3)18-14(20)11-8-13-15(17-9-11)23-6-5-19(13)25(21,22)12-4-7-24-10-12/h4,7-10H,5-6H2,1-3H3,(H,18,20). The van der Waals surface area contributed by atoms with Crippen molar-refractivity contribution in [1.29, 1.82) is 0 Å². The summed E-state index contributed by atoms with van der Waals surface area (Å²) in [6.45, 7) is 5.97. The molecule has 134 valence electrons. The zero-order valence-electron chi connectivity index (χ0n) is 14.1. The van der Waals surface area contributed by atoms with E-state index in [4.69, 9.17) is 4.74 Å². The number of fused-ring (bicyclic) bond motifs is 1. The van der Waals surface area contributed by atoms with Crippen LogP contribution in [0.15, 0.2) is 34.0 Å². The molecule has 0 aromatic carbocycles. The van der Waals surface area contributed by atoms with Crippen molar-refractivity contribution >= 4 is 33.0 Å². The summed E-state index contributed by atoms with van der Waals surface area (Å²) >= 11 is 1.31. The number of nitrogens with one attached hydrogen (secondary N) is 1. The number of nitrogens with zero attached hydrogens (tertiary/aromatic N) is 2. The molecule has 3 rings (SSSR count). The van der Waals surface area contributed by atoms with Crippen LogP contribution in [0, 0.1) is 0 Å². The highest BCUT2D eigenvalue weighted by Crippen LogP contribution is 2.34. The number of pyridine rings is 1. The van der Waals surface area contributed by atoms with E-state index in [1.54, 1.807) is 16.8 Å². The fourth-order valence-corrected chi connectivity index (χ4v) is 4.84. The Morgan fingerprint density at radius 2 is 2.16 bits per heavy atom. The number of amides is 1. The first-order valence-electron chi connectivity index (χ1n) is 7.69. The average molecular weight is 381 g/mol. The van der Waals surface area contributed by atoms with Gasteiger partial charge >= 0.3 is 0 Å². The molecule has 0 unspecified atom stereocenters. The van der Waals surface area contributed by atoms with Crippen LogP contribution in [-0.4, -0.2) is 38.0 Å². The molecular weight excluding hydrogens is 362 g/mol. The van der Waals surface area contributed by atoms with E-state index in [1.807, 2.05) is 20.8 Å². The first-order chi connectivity index (χ1) is 11.7. The van der Waals surface area contributed by atoms with Gasteiger partial charge in [0.2, 0.25) is 5.88 Å². The predicted molar refractivity (Wildman–Crippen MR) is 95.8 cm³/mol. The molecule has 3 heterocycles. The molecule has 25 heavy (non-hydrogen) atoms. The molecule has 7 nitrogen and oxygen atoms in total. The molecule has 0 aliphatic carbocycles. The number of aromatic nitrogens is 1. The first-order valence-corrected chi connectivity index (χ1v) is 10.1. The van der Waals surface area contributed by atoms with E-state index in [1.165, 1.54) is 27.9 Å². The van der Waals surface area contributed by atoms with E-state index in [9.17, 15) is 13.2 Å². The summed E-state index contributed by atoms with van der Waals surface area (Å²) in [5, 5.41) is 6.12. The van der Waals surface area contributed by atoms with Gasteiger partial charge in [-0.2, -0.15) is 11.3 Å². The van der Waals surface area contributed by atoms with Crippen LogP contribution in [0.5, 0.6) is 5.88 Å². The lowest BCUT2D eigenvalue weighted by atomic mass is 10.1. The quantitative estimate of drug-likeness (QED) is 0.881. The molecule has 0 saturated heterocycles. The minimum absolute atomic E-state index is 0.164. The number of sulfonamides is 1. The van der Waals surface area contributed by atoms with Crippen LogP contribution in [0.4, 0.5) is 5.69 Å². The summed E-state index contributed by atoms with van der Waals surface area (Å²) in [6.07, 6.45) is 1.39. The maximum atomic E-state index is 12.9. The van der Waals surface area contributed by atoms with Crippen LogP contribution in [0.2, 0.25) is 0 Å². The molecule has 1 aliphatic heterocycles. The molecule has 1 aliphatic rings. The van der Waals surface area contributed by atoms with Gasteiger partial charge in [0.1, 0.15) is 12.3 Å². The highest BCUT2D eigenvalue weighted by Gasteiger charge is 2.32. The van der Waals surface area contributed by atoms with Crippen molar-refractivity contribution in [3.63, 3.8) is 0 Å². The number of anilines is 1. The van der Waals surface area contributed by atoms with Crippen LogP contribution in [0.3, 0.4) is 0 Å². The minimum atomic E-state index is -3.72. The van der Waals surface area contributed by atoms with Crippen LogP contribution in [0.25, 0.3) is 0 Å². The molecule has 0 fully saturated rings. The number of hydrogen-bond donors (Lipinski definition) is 1.